The van der Waals surface area contributed by atoms with Crippen LogP contribution in [0, 0.1) is 0 Å². The minimum Gasteiger partial charge on any atom is -0.496 e. The van der Waals surface area contributed by atoms with Gasteiger partial charge >= 0.3 is 0 Å². The van der Waals surface area contributed by atoms with Crippen molar-refractivity contribution in [1.82, 2.24) is 10.6 Å². The molecule has 0 saturated carbocycles. The van der Waals surface area contributed by atoms with Gasteiger partial charge in [0.05, 0.1) is 13.7 Å². The highest BCUT2D eigenvalue weighted by Gasteiger charge is 2.04. The van der Waals surface area contributed by atoms with Crippen LogP contribution in [0.25, 0.3) is 0 Å². The zero-order chi connectivity index (χ0) is 18.8. The first-order valence-corrected chi connectivity index (χ1v) is 8.63. The number of nitrogens with zero attached hydrogens (tertiary/aromatic N) is 1. The number of aliphatic imine (C=N–C) groups is 1. The van der Waals surface area contributed by atoms with Gasteiger partial charge in [-0.05, 0) is 30.7 Å². The standard InChI is InChI=1S/C20H26N4O2.HI/c1-4-21-20(23-14-17-9-5-6-11-19(17)26-3)22-13-16-8-7-10-18(12-16)24-15(2)25;/h5-12H,4,13-14H2,1-3H3,(H,24,25)(H2,21,22,23);1H. The lowest BCUT2D eigenvalue weighted by Gasteiger charge is -2.13. The second-order valence-electron chi connectivity index (χ2n) is 5.74. The first-order chi connectivity index (χ1) is 12.6. The Balaban J connectivity index is 0.00000364. The molecule has 7 heteroatoms. The largest absolute Gasteiger partial charge is 0.496 e. The van der Waals surface area contributed by atoms with Gasteiger partial charge < -0.3 is 20.7 Å². The highest BCUT2D eigenvalue weighted by molar-refractivity contribution is 14.0. The topological polar surface area (TPSA) is 74.8 Å². The maximum absolute atomic E-state index is 11.2. The Morgan fingerprint density at radius 2 is 1.89 bits per heavy atom. The van der Waals surface area contributed by atoms with Crippen LogP contribution in [-0.4, -0.2) is 25.5 Å². The van der Waals surface area contributed by atoms with E-state index in [2.05, 4.69) is 20.9 Å². The van der Waals surface area contributed by atoms with Gasteiger partial charge in [0, 0.05) is 31.3 Å². The van der Waals surface area contributed by atoms with E-state index in [1.165, 1.54) is 6.92 Å². The molecule has 0 aliphatic rings. The summed E-state index contributed by atoms with van der Waals surface area (Å²) in [5.41, 5.74) is 2.86. The highest BCUT2D eigenvalue weighted by atomic mass is 127. The lowest BCUT2D eigenvalue weighted by Crippen LogP contribution is -2.36. The SMILES string of the molecule is CCNC(=NCc1cccc(NC(C)=O)c1)NCc1ccccc1OC.I. The number of carbonyl (C=O) groups excluding carboxylic acids is 1. The molecule has 0 heterocycles. The second-order valence-corrected chi connectivity index (χ2v) is 5.74. The van der Waals surface area contributed by atoms with E-state index in [-0.39, 0.29) is 29.9 Å². The molecule has 0 spiro atoms. The van der Waals surface area contributed by atoms with E-state index < -0.39 is 0 Å². The van der Waals surface area contributed by atoms with Crippen molar-refractivity contribution in [2.45, 2.75) is 26.9 Å². The van der Waals surface area contributed by atoms with Crippen LogP contribution in [-0.2, 0) is 17.9 Å². The molecule has 6 nitrogen and oxygen atoms in total. The quantitative estimate of drug-likeness (QED) is 0.321. The molecule has 146 valence electrons. The van der Waals surface area contributed by atoms with Crippen molar-refractivity contribution in [1.29, 1.82) is 0 Å². The van der Waals surface area contributed by atoms with Gasteiger partial charge in [-0.1, -0.05) is 30.3 Å². The van der Waals surface area contributed by atoms with E-state index in [1.807, 2.05) is 55.5 Å². The summed E-state index contributed by atoms with van der Waals surface area (Å²) in [4.78, 5) is 15.8. The average molecular weight is 482 g/mol. The van der Waals surface area contributed by atoms with Crippen LogP contribution in [0.2, 0.25) is 0 Å². The molecule has 0 atom stereocenters. The number of hydrogen-bond donors (Lipinski definition) is 3. The molecule has 0 aliphatic carbocycles. The third-order valence-corrected chi connectivity index (χ3v) is 3.65. The summed E-state index contributed by atoms with van der Waals surface area (Å²) in [5.74, 6) is 1.49. The first-order valence-electron chi connectivity index (χ1n) is 8.63. The predicted octanol–water partition coefficient (Wildman–Crippen LogP) is 3.53. The lowest BCUT2D eigenvalue weighted by molar-refractivity contribution is -0.114. The number of methoxy groups -OCH3 is 1. The fourth-order valence-corrected chi connectivity index (χ4v) is 2.49. The number of rotatable bonds is 7. The number of halogens is 1. The minimum atomic E-state index is -0.0857. The second kappa shape index (κ2) is 12.2. The fourth-order valence-electron chi connectivity index (χ4n) is 2.49. The van der Waals surface area contributed by atoms with Crippen LogP contribution in [0.1, 0.15) is 25.0 Å². The van der Waals surface area contributed by atoms with Crippen LogP contribution in [0.4, 0.5) is 5.69 Å². The number of anilines is 1. The fraction of sp³-hybridized carbons (Fsp3) is 0.300. The van der Waals surface area contributed by atoms with E-state index in [4.69, 9.17) is 4.74 Å². The Kier molecular flexibility index (Phi) is 10.2. The molecular formula is C20H27IN4O2. The van der Waals surface area contributed by atoms with E-state index in [9.17, 15) is 4.79 Å². The smallest absolute Gasteiger partial charge is 0.221 e. The summed E-state index contributed by atoms with van der Waals surface area (Å²) in [6.45, 7) is 5.41. The maximum atomic E-state index is 11.2. The molecule has 3 N–H and O–H groups in total. The Morgan fingerprint density at radius 3 is 2.59 bits per heavy atom. The molecule has 0 unspecified atom stereocenters. The van der Waals surface area contributed by atoms with Crippen LogP contribution < -0.4 is 20.7 Å². The zero-order valence-corrected chi connectivity index (χ0v) is 18.2. The number of para-hydroxylation sites is 1. The van der Waals surface area contributed by atoms with Crippen molar-refractivity contribution >= 4 is 41.5 Å². The van der Waals surface area contributed by atoms with E-state index in [0.717, 1.165) is 35.1 Å². The summed E-state index contributed by atoms with van der Waals surface area (Å²) in [6, 6.07) is 15.6. The number of ether oxygens (including phenoxy) is 1. The Hall–Kier alpha value is -2.29. The van der Waals surface area contributed by atoms with Crippen molar-refractivity contribution in [2.75, 3.05) is 19.0 Å². The third kappa shape index (κ3) is 7.86. The monoisotopic (exact) mass is 482 g/mol. The van der Waals surface area contributed by atoms with Gasteiger partial charge in [0.2, 0.25) is 5.91 Å². The number of hydrogen-bond acceptors (Lipinski definition) is 3. The van der Waals surface area contributed by atoms with Gasteiger partial charge in [0.25, 0.3) is 0 Å². The molecule has 2 rings (SSSR count). The van der Waals surface area contributed by atoms with Crippen molar-refractivity contribution in [2.24, 2.45) is 4.99 Å². The lowest BCUT2D eigenvalue weighted by atomic mass is 10.2. The normalized spacial score (nSPS) is 10.6. The van der Waals surface area contributed by atoms with Gasteiger partial charge in [-0.2, -0.15) is 0 Å². The predicted molar refractivity (Wildman–Crippen MR) is 121 cm³/mol. The van der Waals surface area contributed by atoms with Crippen molar-refractivity contribution in [3.05, 3.63) is 59.7 Å². The third-order valence-electron chi connectivity index (χ3n) is 3.65. The molecule has 0 fully saturated rings. The Morgan fingerprint density at radius 1 is 1.11 bits per heavy atom. The van der Waals surface area contributed by atoms with E-state index in [0.29, 0.717) is 13.1 Å². The van der Waals surface area contributed by atoms with Crippen LogP contribution in [0.15, 0.2) is 53.5 Å². The molecule has 0 aliphatic heterocycles. The number of guanidine groups is 1. The van der Waals surface area contributed by atoms with Crippen molar-refractivity contribution < 1.29 is 9.53 Å². The summed E-state index contributed by atoms with van der Waals surface area (Å²) < 4.78 is 5.38. The van der Waals surface area contributed by atoms with Gasteiger partial charge in [0.15, 0.2) is 5.96 Å². The summed E-state index contributed by atoms with van der Waals surface area (Å²) in [6.07, 6.45) is 0. The van der Waals surface area contributed by atoms with Gasteiger partial charge in [-0.15, -0.1) is 24.0 Å². The number of benzene rings is 2. The molecular weight excluding hydrogens is 455 g/mol. The number of nitrogens with one attached hydrogen (secondary N) is 3. The molecule has 2 aromatic carbocycles. The average Bonchev–Trinajstić information content (AvgIpc) is 2.64. The minimum absolute atomic E-state index is 0. The van der Waals surface area contributed by atoms with E-state index >= 15 is 0 Å². The molecule has 0 aromatic heterocycles. The summed E-state index contributed by atoms with van der Waals surface area (Å²) in [7, 11) is 1.67. The zero-order valence-electron chi connectivity index (χ0n) is 15.9. The van der Waals surface area contributed by atoms with Crippen LogP contribution in [0.5, 0.6) is 5.75 Å². The Labute approximate surface area is 177 Å². The van der Waals surface area contributed by atoms with Crippen LogP contribution in [0.3, 0.4) is 0 Å². The summed E-state index contributed by atoms with van der Waals surface area (Å²) in [5, 5.41) is 9.34. The molecule has 2 aromatic rings. The van der Waals surface area contributed by atoms with Crippen molar-refractivity contribution in [3.8, 4) is 5.75 Å². The van der Waals surface area contributed by atoms with E-state index in [1.54, 1.807) is 7.11 Å². The molecule has 27 heavy (non-hydrogen) atoms. The molecule has 0 bridgehead atoms. The van der Waals surface area contributed by atoms with Crippen LogP contribution >= 0.6 is 24.0 Å². The molecule has 0 saturated heterocycles. The van der Waals surface area contributed by atoms with Gasteiger partial charge in [0.1, 0.15) is 5.75 Å². The highest BCUT2D eigenvalue weighted by Crippen LogP contribution is 2.16. The van der Waals surface area contributed by atoms with Crippen molar-refractivity contribution in [3.63, 3.8) is 0 Å². The maximum Gasteiger partial charge on any atom is 0.221 e. The number of amides is 1. The van der Waals surface area contributed by atoms with Gasteiger partial charge in [-0.25, -0.2) is 4.99 Å². The van der Waals surface area contributed by atoms with Gasteiger partial charge in [-0.3, -0.25) is 4.79 Å². The number of carbonyl (C=O) groups is 1. The molecule has 1 amide bonds. The molecule has 0 radical (unpaired) electrons. The first kappa shape index (κ1) is 22.8. The summed E-state index contributed by atoms with van der Waals surface area (Å²) >= 11 is 0. The Bertz CT molecular complexity index is 765.